The molecule has 0 spiro atoms. The van der Waals surface area contributed by atoms with Crippen LogP contribution in [0.4, 0.5) is 8.78 Å². The average molecular weight is 207 g/mol. The maximum atomic E-state index is 13.4. The molecule has 0 amide bonds. The van der Waals surface area contributed by atoms with E-state index in [1.807, 2.05) is 0 Å². The molecule has 0 saturated carbocycles. The Labute approximate surface area is 81.8 Å². The van der Waals surface area contributed by atoms with Gasteiger partial charge in [-0.15, -0.1) is 0 Å². The van der Waals surface area contributed by atoms with E-state index in [0.717, 1.165) is 6.54 Å². The molecule has 3 nitrogen and oxygen atoms in total. The van der Waals surface area contributed by atoms with E-state index in [0.29, 0.717) is 12.8 Å². The van der Waals surface area contributed by atoms with Crippen LogP contribution in [0, 0.1) is 5.92 Å². The number of carbonyl (C=O) groups excluding carboxylic acids is 1. The Morgan fingerprint density at radius 2 is 2.36 bits per heavy atom. The zero-order chi connectivity index (χ0) is 10.6. The number of esters is 1. The highest BCUT2D eigenvalue weighted by atomic mass is 19.3. The summed E-state index contributed by atoms with van der Waals surface area (Å²) in [6, 6.07) is 0. The Morgan fingerprint density at radius 1 is 1.64 bits per heavy atom. The number of nitrogens with one attached hydrogen (secondary N) is 1. The van der Waals surface area contributed by atoms with Gasteiger partial charge in [-0.05, 0) is 26.3 Å². The first-order valence-corrected chi connectivity index (χ1v) is 4.84. The standard InChI is InChI=1S/C9H15F2NO2/c1-2-14-8(13)9(10,11)7-4-3-5-12-6-7/h7,12H,2-6H2,1H3/t7-/m0/s1. The smallest absolute Gasteiger partial charge is 0.377 e. The lowest BCUT2D eigenvalue weighted by Gasteiger charge is -2.28. The molecule has 82 valence electrons. The molecule has 1 saturated heterocycles. The van der Waals surface area contributed by atoms with E-state index in [1.165, 1.54) is 6.92 Å². The summed E-state index contributed by atoms with van der Waals surface area (Å²) in [4.78, 5) is 11.0. The Kier molecular flexibility index (Phi) is 3.80. The van der Waals surface area contributed by atoms with E-state index in [2.05, 4.69) is 10.1 Å². The van der Waals surface area contributed by atoms with Gasteiger partial charge in [0.1, 0.15) is 0 Å². The van der Waals surface area contributed by atoms with Crippen molar-refractivity contribution in [3.8, 4) is 0 Å². The van der Waals surface area contributed by atoms with Gasteiger partial charge in [-0.3, -0.25) is 0 Å². The van der Waals surface area contributed by atoms with E-state index in [9.17, 15) is 13.6 Å². The lowest BCUT2D eigenvalue weighted by molar-refractivity contribution is -0.180. The number of rotatable bonds is 3. The number of halogens is 2. The highest BCUT2D eigenvalue weighted by Crippen LogP contribution is 2.30. The molecule has 1 aliphatic heterocycles. The number of carbonyl (C=O) groups is 1. The summed E-state index contributed by atoms with van der Waals surface area (Å²) in [5.74, 6) is -5.66. The second-order valence-corrected chi connectivity index (χ2v) is 3.39. The van der Waals surface area contributed by atoms with Crippen molar-refractivity contribution in [3.63, 3.8) is 0 Å². The molecule has 0 aromatic carbocycles. The van der Waals surface area contributed by atoms with Crippen molar-refractivity contribution in [3.05, 3.63) is 0 Å². The lowest BCUT2D eigenvalue weighted by Crippen LogP contribution is -2.46. The third-order valence-corrected chi connectivity index (χ3v) is 2.36. The monoisotopic (exact) mass is 207 g/mol. The van der Waals surface area contributed by atoms with Crippen LogP contribution in [0.3, 0.4) is 0 Å². The minimum atomic E-state index is -3.34. The molecule has 1 heterocycles. The molecule has 0 aliphatic carbocycles. The Bertz CT molecular complexity index is 203. The molecule has 0 bridgehead atoms. The number of piperidine rings is 1. The van der Waals surface area contributed by atoms with Gasteiger partial charge in [-0.1, -0.05) is 0 Å². The average Bonchev–Trinajstić information content (AvgIpc) is 2.19. The SMILES string of the molecule is CCOC(=O)C(F)(F)[C@H]1CCCNC1. The molecule has 0 aromatic heterocycles. The van der Waals surface area contributed by atoms with Gasteiger partial charge in [0.05, 0.1) is 6.61 Å². The van der Waals surface area contributed by atoms with E-state index in [1.54, 1.807) is 0 Å². The Hall–Kier alpha value is -0.710. The lowest BCUT2D eigenvalue weighted by atomic mass is 9.93. The Balaban J connectivity index is 2.57. The highest BCUT2D eigenvalue weighted by molar-refractivity contribution is 5.78. The van der Waals surface area contributed by atoms with Crippen LogP contribution in [0.2, 0.25) is 0 Å². The van der Waals surface area contributed by atoms with E-state index in [4.69, 9.17) is 0 Å². The summed E-state index contributed by atoms with van der Waals surface area (Å²) >= 11 is 0. The van der Waals surface area contributed by atoms with Gasteiger partial charge in [-0.2, -0.15) is 8.78 Å². The first-order valence-electron chi connectivity index (χ1n) is 4.84. The molecule has 1 N–H and O–H groups in total. The van der Waals surface area contributed by atoms with Crippen LogP contribution in [-0.2, 0) is 9.53 Å². The van der Waals surface area contributed by atoms with E-state index in [-0.39, 0.29) is 13.2 Å². The zero-order valence-electron chi connectivity index (χ0n) is 8.19. The second kappa shape index (κ2) is 4.68. The summed E-state index contributed by atoms with van der Waals surface area (Å²) in [6.07, 6.45) is 1.05. The zero-order valence-corrected chi connectivity index (χ0v) is 8.19. The molecule has 1 atom stereocenters. The Morgan fingerprint density at radius 3 is 2.86 bits per heavy atom. The number of alkyl halides is 2. The van der Waals surface area contributed by atoms with Gasteiger partial charge < -0.3 is 10.1 Å². The van der Waals surface area contributed by atoms with Gasteiger partial charge in [0, 0.05) is 12.5 Å². The van der Waals surface area contributed by atoms with Crippen molar-refractivity contribution in [2.45, 2.75) is 25.7 Å². The molecule has 1 aliphatic rings. The third kappa shape index (κ3) is 2.41. The van der Waals surface area contributed by atoms with Crippen LogP contribution in [0.5, 0.6) is 0 Å². The predicted molar refractivity (Wildman–Crippen MR) is 47.2 cm³/mol. The first-order chi connectivity index (χ1) is 6.59. The summed E-state index contributed by atoms with van der Waals surface area (Å²) in [5.41, 5.74) is 0. The molecule has 5 heteroatoms. The molecule has 0 aromatic rings. The molecular weight excluding hydrogens is 192 g/mol. The fourth-order valence-corrected chi connectivity index (χ4v) is 1.56. The van der Waals surface area contributed by atoms with Crippen LogP contribution in [0.1, 0.15) is 19.8 Å². The molecular formula is C9H15F2NO2. The van der Waals surface area contributed by atoms with Gasteiger partial charge in [-0.25, -0.2) is 4.79 Å². The van der Waals surface area contributed by atoms with Crippen molar-refractivity contribution in [1.29, 1.82) is 0 Å². The minimum absolute atomic E-state index is 0.00539. The van der Waals surface area contributed by atoms with Crippen LogP contribution in [0.25, 0.3) is 0 Å². The van der Waals surface area contributed by atoms with Crippen molar-refractivity contribution in [2.24, 2.45) is 5.92 Å². The van der Waals surface area contributed by atoms with Gasteiger partial charge in [0.15, 0.2) is 0 Å². The quantitative estimate of drug-likeness (QED) is 0.706. The molecule has 1 rings (SSSR count). The first kappa shape index (κ1) is 11.4. The normalized spacial score (nSPS) is 23.2. The molecule has 0 radical (unpaired) electrons. The summed E-state index contributed by atoms with van der Waals surface area (Å²) in [6.45, 7) is 2.45. The number of ether oxygens (including phenoxy) is 1. The van der Waals surface area contributed by atoms with Crippen molar-refractivity contribution in [2.75, 3.05) is 19.7 Å². The molecule has 1 fully saturated rings. The molecule has 0 unspecified atom stereocenters. The number of hydrogen-bond donors (Lipinski definition) is 1. The summed E-state index contributed by atoms with van der Waals surface area (Å²) in [5, 5.41) is 2.85. The van der Waals surface area contributed by atoms with Crippen LogP contribution >= 0.6 is 0 Å². The van der Waals surface area contributed by atoms with Crippen LogP contribution < -0.4 is 5.32 Å². The van der Waals surface area contributed by atoms with Gasteiger partial charge in [0.25, 0.3) is 0 Å². The minimum Gasteiger partial charge on any atom is -0.462 e. The fourth-order valence-electron chi connectivity index (χ4n) is 1.56. The second-order valence-electron chi connectivity index (χ2n) is 3.39. The maximum absolute atomic E-state index is 13.4. The highest BCUT2D eigenvalue weighted by Gasteiger charge is 2.48. The van der Waals surface area contributed by atoms with Crippen molar-refractivity contribution in [1.82, 2.24) is 5.32 Å². The van der Waals surface area contributed by atoms with Crippen LogP contribution in [0.15, 0.2) is 0 Å². The van der Waals surface area contributed by atoms with Crippen LogP contribution in [-0.4, -0.2) is 31.6 Å². The van der Waals surface area contributed by atoms with E-state index < -0.39 is 17.8 Å². The van der Waals surface area contributed by atoms with Gasteiger partial charge in [0.2, 0.25) is 0 Å². The van der Waals surface area contributed by atoms with Crippen molar-refractivity contribution >= 4 is 5.97 Å². The van der Waals surface area contributed by atoms with E-state index >= 15 is 0 Å². The number of hydrogen-bond acceptors (Lipinski definition) is 3. The van der Waals surface area contributed by atoms with Gasteiger partial charge >= 0.3 is 11.9 Å². The fraction of sp³-hybridized carbons (Fsp3) is 0.889. The largest absolute Gasteiger partial charge is 0.462 e. The summed E-state index contributed by atoms with van der Waals surface area (Å²) in [7, 11) is 0. The third-order valence-electron chi connectivity index (χ3n) is 2.36. The topological polar surface area (TPSA) is 38.3 Å². The van der Waals surface area contributed by atoms with Crippen molar-refractivity contribution < 1.29 is 18.3 Å². The predicted octanol–water partition coefficient (Wildman–Crippen LogP) is 1.18. The molecule has 14 heavy (non-hydrogen) atoms. The summed E-state index contributed by atoms with van der Waals surface area (Å²) < 4.78 is 31.1. The maximum Gasteiger partial charge on any atom is 0.377 e.